The number of para-hydroxylation sites is 2. The molecule has 0 spiro atoms. The van der Waals surface area contributed by atoms with Crippen LogP contribution in [0.2, 0.25) is 0 Å². The van der Waals surface area contributed by atoms with Crippen LogP contribution in [-0.2, 0) is 0 Å². The van der Waals surface area contributed by atoms with E-state index in [9.17, 15) is 9.18 Å². The minimum absolute atomic E-state index is 0.0491. The van der Waals surface area contributed by atoms with E-state index >= 15 is 0 Å². The van der Waals surface area contributed by atoms with Gasteiger partial charge in [-0.15, -0.1) is 0 Å². The smallest absolute Gasteiger partial charge is 0.255 e. The molecule has 3 aromatic rings. The maximum atomic E-state index is 14.0. The molecule has 28 heavy (non-hydrogen) atoms. The van der Waals surface area contributed by atoms with E-state index in [-0.39, 0.29) is 11.7 Å². The number of aromatic nitrogens is 1. The first-order chi connectivity index (χ1) is 13.7. The molecule has 2 aromatic carbocycles. The molecule has 0 atom stereocenters. The number of piperazine rings is 1. The highest BCUT2D eigenvalue weighted by Crippen LogP contribution is 2.21. The van der Waals surface area contributed by atoms with Gasteiger partial charge in [0.15, 0.2) is 0 Å². The van der Waals surface area contributed by atoms with Gasteiger partial charge >= 0.3 is 0 Å². The summed E-state index contributed by atoms with van der Waals surface area (Å²) >= 11 is 0. The summed E-state index contributed by atoms with van der Waals surface area (Å²) in [5, 5.41) is 3.20. The molecule has 1 amide bonds. The zero-order chi connectivity index (χ0) is 19.3. The van der Waals surface area contributed by atoms with Gasteiger partial charge in [0.05, 0.1) is 11.3 Å². The van der Waals surface area contributed by atoms with Crippen LogP contribution in [0, 0.1) is 5.82 Å². The maximum Gasteiger partial charge on any atom is 0.255 e. The lowest BCUT2D eigenvalue weighted by molar-refractivity contribution is 0.0746. The molecule has 1 aromatic heterocycles. The molecular weight excluding hydrogens is 355 g/mol. The highest BCUT2D eigenvalue weighted by molar-refractivity contribution is 5.94. The summed E-state index contributed by atoms with van der Waals surface area (Å²) in [4.78, 5) is 20.9. The molecule has 0 radical (unpaired) electrons. The van der Waals surface area contributed by atoms with Crippen molar-refractivity contribution in [2.75, 3.05) is 36.4 Å². The zero-order valence-electron chi connectivity index (χ0n) is 15.4. The van der Waals surface area contributed by atoms with Crippen LogP contribution in [0.3, 0.4) is 0 Å². The predicted molar refractivity (Wildman–Crippen MR) is 108 cm³/mol. The largest absolute Gasteiger partial charge is 0.366 e. The summed E-state index contributed by atoms with van der Waals surface area (Å²) in [6, 6.07) is 20.1. The Morgan fingerprint density at radius 1 is 0.893 bits per heavy atom. The average Bonchev–Trinajstić information content (AvgIpc) is 2.75. The van der Waals surface area contributed by atoms with Crippen LogP contribution in [0.25, 0.3) is 0 Å². The first-order valence-electron chi connectivity index (χ1n) is 9.27. The van der Waals surface area contributed by atoms with E-state index in [1.807, 2.05) is 41.3 Å². The van der Waals surface area contributed by atoms with Crippen LogP contribution in [-0.4, -0.2) is 42.0 Å². The van der Waals surface area contributed by atoms with Crippen LogP contribution in [0.4, 0.5) is 21.6 Å². The van der Waals surface area contributed by atoms with Crippen molar-refractivity contribution in [2.24, 2.45) is 0 Å². The fourth-order valence-electron chi connectivity index (χ4n) is 3.30. The molecule has 6 heteroatoms. The summed E-state index contributed by atoms with van der Waals surface area (Å²) in [5.74, 6) is 0.409. The molecule has 0 saturated carbocycles. The van der Waals surface area contributed by atoms with E-state index in [0.29, 0.717) is 43.2 Å². The normalized spacial score (nSPS) is 14.0. The Hall–Kier alpha value is -3.41. The number of pyridine rings is 1. The molecular formula is C22H21FN4O. The van der Waals surface area contributed by atoms with Gasteiger partial charge in [0.25, 0.3) is 5.91 Å². The molecule has 1 saturated heterocycles. The molecule has 0 aliphatic carbocycles. The van der Waals surface area contributed by atoms with E-state index in [2.05, 4.69) is 10.3 Å². The lowest BCUT2D eigenvalue weighted by Crippen LogP contribution is -2.49. The van der Waals surface area contributed by atoms with E-state index < -0.39 is 0 Å². The van der Waals surface area contributed by atoms with Crippen molar-refractivity contribution in [1.29, 1.82) is 0 Å². The van der Waals surface area contributed by atoms with Crippen molar-refractivity contribution in [3.8, 4) is 0 Å². The van der Waals surface area contributed by atoms with Gasteiger partial charge in [-0.2, -0.15) is 0 Å². The third-order valence-electron chi connectivity index (χ3n) is 4.82. The zero-order valence-corrected chi connectivity index (χ0v) is 15.4. The molecule has 5 nitrogen and oxygen atoms in total. The Labute approximate surface area is 163 Å². The summed E-state index contributed by atoms with van der Waals surface area (Å²) in [5.41, 5.74) is 2.09. The fraction of sp³-hybridized carbons (Fsp3) is 0.182. The molecule has 0 unspecified atom stereocenters. The summed E-state index contributed by atoms with van der Waals surface area (Å²) in [6.45, 7) is 2.32. The Morgan fingerprint density at radius 2 is 1.61 bits per heavy atom. The van der Waals surface area contributed by atoms with Crippen molar-refractivity contribution < 1.29 is 9.18 Å². The summed E-state index contributed by atoms with van der Waals surface area (Å²) in [6.07, 6.45) is 1.59. The van der Waals surface area contributed by atoms with Crippen LogP contribution < -0.4 is 10.2 Å². The lowest BCUT2D eigenvalue weighted by atomic mass is 10.2. The summed E-state index contributed by atoms with van der Waals surface area (Å²) < 4.78 is 14.0. The van der Waals surface area contributed by atoms with Gasteiger partial charge in [0.2, 0.25) is 0 Å². The predicted octanol–water partition coefficient (Wildman–Crippen LogP) is 3.93. The summed E-state index contributed by atoms with van der Waals surface area (Å²) in [7, 11) is 0. The molecule has 2 heterocycles. The van der Waals surface area contributed by atoms with Gasteiger partial charge in [-0.3, -0.25) is 4.79 Å². The second-order valence-corrected chi connectivity index (χ2v) is 6.65. The van der Waals surface area contributed by atoms with Crippen molar-refractivity contribution >= 4 is 23.1 Å². The number of rotatable bonds is 4. The van der Waals surface area contributed by atoms with E-state index in [1.165, 1.54) is 6.07 Å². The van der Waals surface area contributed by atoms with Gasteiger partial charge in [0.1, 0.15) is 11.6 Å². The van der Waals surface area contributed by atoms with Gasteiger partial charge in [-0.1, -0.05) is 30.3 Å². The van der Waals surface area contributed by atoms with Crippen LogP contribution >= 0.6 is 0 Å². The molecule has 1 aliphatic heterocycles. The first-order valence-corrected chi connectivity index (χ1v) is 9.27. The number of carbonyl (C=O) groups is 1. The number of carbonyl (C=O) groups excluding carboxylic acids is 1. The number of nitrogens with one attached hydrogen (secondary N) is 1. The Balaban J connectivity index is 1.37. The number of halogens is 1. The maximum absolute atomic E-state index is 14.0. The van der Waals surface area contributed by atoms with Crippen molar-refractivity contribution in [3.63, 3.8) is 0 Å². The topological polar surface area (TPSA) is 48.5 Å². The number of amides is 1. The fourth-order valence-corrected chi connectivity index (χ4v) is 3.30. The Morgan fingerprint density at radius 3 is 2.29 bits per heavy atom. The standard InChI is InChI=1S/C22H21FN4O/c23-19-8-4-5-9-20(19)26-12-14-27(15-13-26)22(28)17-10-11-21(24-16-17)25-18-6-2-1-3-7-18/h1-11,16H,12-15H2,(H,24,25). The van der Waals surface area contributed by atoms with Crippen LogP contribution in [0.1, 0.15) is 10.4 Å². The second-order valence-electron chi connectivity index (χ2n) is 6.65. The van der Waals surface area contributed by atoms with Crippen LogP contribution in [0.5, 0.6) is 0 Å². The SMILES string of the molecule is O=C(c1ccc(Nc2ccccc2)nc1)N1CCN(c2ccccc2F)CC1. The number of hydrogen-bond donors (Lipinski definition) is 1. The van der Waals surface area contributed by atoms with Crippen LogP contribution in [0.15, 0.2) is 72.9 Å². The quantitative estimate of drug-likeness (QED) is 0.750. The third-order valence-corrected chi connectivity index (χ3v) is 4.82. The molecule has 142 valence electrons. The monoisotopic (exact) mass is 376 g/mol. The molecule has 4 rings (SSSR count). The Bertz CT molecular complexity index is 938. The van der Waals surface area contributed by atoms with E-state index in [0.717, 1.165) is 5.69 Å². The molecule has 1 aliphatic rings. The van der Waals surface area contributed by atoms with Crippen molar-refractivity contribution in [2.45, 2.75) is 0 Å². The minimum atomic E-state index is -0.229. The molecule has 1 fully saturated rings. The van der Waals surface area contributed by atoms with Crippen molar-refractivity contribution in [3.05, 3.63) is 84.3 Å². The van der Waals surface area contributed by atoms with Gasteiger partial charge in [-0.25, -0.2) is 9.37 Å². The molecule has 0 bridgehead atoms. The lowest BCUT2D eigenvalue weighted by Gasteiger charge is -2.36. The second kappa shape index (κ2) is 8.08. The van der Waals surface area contributed by atoms with Gasteiger partial charge in [-0.05, 0) is 36.4 Å². The number of hydrogen-bond acceptors (Lipinski definition) is 4. The van der Waals surface area contributed by atoms with E-state index in [4.69, 9.17) is 0 Å². The van der Waals surface area contributed by atoms with E-state index in [1.54, 1.807) is 35.4 Å². The number of benzene rings is 2. The molecule has 1 N–H and O–H groups in total. The highest BCUT2D eigenvalue weighted by atomic mass is 19.1. The van der Waals surface area contributed by atoms with Gasteiger partial charge < -0.3 is 15.1 Å². The minimum Gasteiger partial charge on any atom is -0.366 e. The first kappa shape index (κ1) is 18.0. The van der Waals surface area contributed by atoms with Crippen molar-refractivity contribution in [1.82, 2.24) is 9.88 Å². The number of nitrogens with zero attached hydrogens (tertiary/aromatic N) is 3. The number of anilines is 3. The third kappa shape index (κ3) is 3.96. The highest BCUT2D eigenvalue weighted by Gasteiger charge is 2.23. The average molecular weight is 376 g/mol. The Kier molecular flexibility index (Phi) is 5.19. The van der Waals surface area contributed by atoms with Gasteiger partial charge in [0, 0.05) is 38.1 Å².